The topological polar surface area (TPSA) is 19.9 Å². The molecule has 0 spiro atoms. The van der Waals surface area contributed by atoms with Crippen LogP contribution < -0.4 is 4.40 Å². The molecule has 0 fully saturated rings. The van der Waals surface area contributed by atoms with Crippen molar-refractivity contribution in [2.45, 2.75) is 0 Å². The lowest BCUT2D eigenvalue weighted by atomic mass is 10.2. The highest BCUT2D eigenvalue weighted by Crippen LogP contribution is 2.16. The maximum absolute atomic E-state index is 3.43. The van der Waals surface area contributed by atoms with Crippen LogP contribution in [0.1, 0.15) is 0 Å². The number of pyridine rings is 1. The van der Waals surface area contributed by atoms with Gasteiger partial charge in [0, 0.05) is 11.5 Å². The van der Waals surface area contributed by atoms with E-state index >= 15 is 0 Å². The third-order valence-electron chi connectivity index (χ3n) is 3.24. The van der Waals surface area contributed by atoms with Crippen LogP contribution in [0.25, 0.3) is 27.5 Å². The lowest BCUT2D eigenvalue weighted by Crippen LogP contribution is -2.18. The van der Waals surface area contributed by atoms with Gasteiger partial charge in [-0.2, -0.15) is 4.40 Å². The molecule has 2 heterocycles. The van der Waals surface area contributed by atoms with Crippen molar-refractivity contribution in [3.05, 3.63) is 60.8 Å². The molecule has 4 rings (SSSR count). The van der Waals surface area contributed by atoms with Crippen molar-refractivity contribution in [1.82, 2.24) is 4.98 Å². The number of benzene rings is 2. The largest absolute Gasteiger partial charge is 0.285 e. The Labute approximate surface area is 98.1 Å². The Morgan fingerprint density at radius 3 is 2.53 bits per heavy atom. The summed E-state index contributed by atoms with van der Waals surface area (Å²) in [5.41, 5.74) is 3.51. The van der Waals surface area contributed by atoms with E-state index in [1.165, 1.54) is 21.8 Å². The second-order valence-electron chi connectivity index (χ2n) is 4.30. The van der Waals surface area contributed by atoms with Crippen molar-refractivity contribution >= 4 is 27.5 Å². The number of hydrogen-bond acceptors (Lipinski definition) is 0. The average Bonchev–Trinajstić information content (AvgIpc) is 2.73. The van der Waals surface area contributed by atoms with Crippen molar-refractivity contribution in [2.75, 3.05) is 0 Å². The van der Waals surface area contributed by atoms with Crippen molar-refractivity contribution in [1.29, 1.82) is 0 Å². The Kier molecular flexibility index (Phi) is 1.59. The zero-order valence-corrected chi connectivity index (χ0v) is 9.22. The molecular formula is C15H11N2+. The van der Waals surface area contributed by atoms with Crippen LogP contribution >= 0.6 is 0 Å². The van der Waals surface area contributed by atoms with Crippen LogP contribution in [-0.4, -0.2) is 4.98 Å². The van der Waals surface area contributed by atoms with Gasteiger partial charge in [-0.05, 0) is 17.5 Å². The Morgan fingerprint density at radius 1 is 0.824 bits per heavy atom. The van der Waals surface area contributed by atoms with Gasteiger partial charge in [0.25, 0.3) is 5.65 Å². The van der Waals surface area contributed by atoms with Gasteiger partial charge in [-0.3, -0.25) is 0 Å². The highest BCUT2D eigenvalue weighted by molar-refractivity contribution is 5.85. The van der Waals surface area contributed by atoms with E-state index in [9.17, 15) is 0 Å². The molecule has 0 aliphatic rings. The van der Waals surface area contributed by atoms with Gasteiger partial charge >= 0.3 is 0 Å². The molecule has 0 amide bonds. The normalized spacial score (nSPS) is 11.5. The molecule has 0 bridgehead atoms. The summed E-state index contributed by atoms with van der Waals surface area (Å²) in [5, 5.41) is 2.52. The first-order valence-corrected chi connectivity index (χ1v) is 5.73. The van der Waals surface area contributed by atoms with Crippen molar-refractivity contribution in [3.8, 4) is 0 Å². The molecular weight excluding hydrogens is 208 g/mol. The minimum atomic E-state index is 1.13. The predicted molar refractivity (Wildman–Crippen MR) is 69.0 cm³/mol. The van der Waals surface area contributed by atoms with Gasteiger partial charge in [0.05, 0.1) is 0 Å². The van der Waals surface area contributed by atoms with E-state index in [-0.39, 0.29) is 0 Å². The zero-order chi connectivity index (χ0) is 11.2. The number of imidazole rings is 1. The zero-order valence-electron chi connectivity index (χ0n) is 9.22. The molecule has 0 unspecified atom stereocenters. The summed E-state index contributed by atoms with van der Waals surface area (Å²) in [6.45, 7) is 0. The maximum atomic E-state index is 3.43. The van der Waals surface area contributed by atoms with Gasteiger partial charge in [-0.25, -0.2) is 4.98 Å². The summed E-state index contributed by atoms with van der Waals surface area (Å²) >= 11 is 0. The summed E-state index contributed by atoms with van der Waals surface area (Å²) in [6, 6.07) is 19.0. The Hall–Kier alpha value is -2.35. The van der Waals surface area contributed by atoms with E-state index in [1.807, 2.05) is 0 Å². The molecule has 0 atom stereocenters. The molecule has 17 heavy (non-hydrogen) atoms. The van der Waals surface area contributed by atoms with E-state index in [4.69, 9.17) is 0 Å². The van der Waals surface area contributed by atoms with Crippen molar-refractivity contribution in [3.63, 3.8) is 0 Å². The van der Waals surface area contributed by atoms with E-state index in [2.05, 4.69) is 70.2 Å². The molecule has 2 aromatic heterocycles. The third-order valence-corrected chi connectivity index (χ3v) is 3.24. The number of nitrogens with zero attached hydrogens (tertiary/aromatic N) is 1. The fourth-order valence-corrected chi connectivity index (χ4v) is 2.41. The van der Waals surface area contributed by atoms with Gasteiger partial charge in [0.15, 0.2) is 11.0 Å². The first-order chi connectivity index (χ1) is 8.42. The van der Waals surface area contributed by atoms with Crippen LogP contribution in [-0.2, 0) is 0 Å². The van der Waals surface area contributed by atoms with Crippen LogP contribution in [0.5, 0.6) is 0 Å². The first-order valence-electron chi connectivity index (χ1n) is 5.73. The molecule has 4 aromatic rings. The second-order valence-corrected chi connectivity index (χ2v) is 4.30. The lowest BCUT2D eigenvalue weighted by Gasteiger charge is -1.94. The number of rotatable bonds is 0. The fourth-order valence-electron chi connectivity index (χ4n) is 2.41. The minimum absolute atomic E-state index is 1.13. The van der Waals surface area contributed by atoms with E-state index in [0.29, 0.717) is 0 Å². The quantitative estimate of drug-likeness (QED) is 0.439. The summed E-state index contributed by atoms with van der Waals surface area (Å²) in [7, 11) is 0. The van der Waals surface area contributed by atoms with Crippen molar-refractivity contribution < 1.29 is 4.40 Å². The minimum Gasteiger partial charge on any atom is -0.237 e. The number of hydrogen-bond donors (Lipinski definition) is 1. The summed E-state index contributed by atoms with van der Waals surface area (Å²) < 4.78 is 2.21. The Bertz CT molecular complexity index is 837. The van der Waals surface area contributed by atoms with Crippen LogP contribution in [0.2, 0.25) is 0 Å². The SMILES string of the molecule is c1ccc2c[n+]3c(cc2c1)[nH]c1ccccc13. The molecule has 2 nitrogen and oxygen atoms in total. The van der Waals surface area contributed by atoms with Crippen molar-refractivity contribution in [2.24, 2.45) is 0 Å². The smallest absolute Gasteiger partial charge is 0.237 e. The molecule has 2 aromatic carbocycles. The third kappa shape index (κ3) is 1.18. The number of nitrogens with one attached hydrogen (secondary N) is 1. The Morgan fingerprint density at radius 2 is 1.59 bits per heavy atom. The molecule has 0 aliphatic heterocycles. The van der Waals surface area contributed by atoms with Crippen LogP contribution in [0.4, 0.5) is 0 Å². The summed E-state index contributed by atoms with van der Waals surface area (Å²) in [5.74, 6) is 0. The second kappa shape index (κ2) is 3.08. The van der Waals surface area contributed by atoms with Gasteiger partial charge in [0.1, 0.15) is 6.20 Å². The molecule has 1 N–H and O–H groups in total. The van der Waals surface area contributed by atoms with Gasteiger partial charge in [0.2, 0.25) is 0 Å². The molecule has 0 saturated heterocycles. The number of para-hydroxylation sites is 2. The number of H-pyrrole nitrogens is 1. The molecule has 80 valence electrons. The molecule has 0 radical (unpaired) electrons. The summed E-state index contributed by atoms with van der Waals surface area (Å²) in [6.07, 6.45) is 2.18. The number of fused-ring (bicyclic) bond motifs is 4. The fraction of sp³-hybridized carbons (Fsp3) is 0. The summed E-state index contributed by atoms with van der Waals surface area (Å²) in [4.78, 5) is 3.43. The first kappa shape index (κ1) is 8.76. The highest BCUT2D eigenvalue weighted by Gasteiger charge is 2.11. The predicted octanol–water partition coefficient (Wildman–Crippen LogP) is 3.06. The Balaban J connectivity index is 2.28. The monoisotopic (exact) mass is 219 g/mol. The highest BCUT2D eigenvalue weighted by atomic mass is 15.0. The standard InChI is InChI=1S/C15H10N2/c1-2-6-12-10-17-14-8-4-3-7-13(14)16-15(17)9-11(12)5-1/h1-10H/p+1. The van der Waals surface area contributed by atoms with Crippen LogP contribution in [0, 0.1) is 0 Å². The van der Waals surface area contributed by atoms with E-state index < -0.39 is 0 Å². The van der Waals surface area contributed by atoms with E-state index in [0.717, 1.165) is 5.65 Å². The molecule has 0 saturated carbocycles. The maximum Gasteiger partial charge on any atom is 0.285 e. The van der Waals surface area contributed by atoms with Crippen LogP contribution in [0.15, 0.2) is 60.8 Å². The number of aromatic nitrogens is 2. The van der Waals surface area contributed by atoms with Gasteiger partial charge in [-0.15, -0.1) is 0 Å². The molecule has 2 heteroatoms. The van der Waals surface area contributed by atoms with Crippen LogP contribution in [0.3, 0.4) is 0 Å². The number of aromatic amines is 1. The lowest BCUT2D eigenvalue weighted by molar-refractivity contribution is -0.479. The molecule has 0 aliphatic carbocycles. The van der Waals surface area contributed by atoms with Gasteiger partial charge in [-0.1, -0.05) is 36.4 Å². The average molecular weight is 219 g/mol. The van der Waals surface area contributed by atoms with E-state index in [1.54, 1.807) is 0 Å². The van der Waals surface area contributed by atoms with Gasteiger partial charge < -0.3 is 0 Å².